The van der Waals surface area contributed by atoms with E-state index >= 15 is 0 Å². The van der Waals surface area contributed by atoms with Gasteiger partial charge >= 0.3 is 68.9 Å². The minimum atomic E-state index is -0.784. The van der Waals surface area contributed by atoms with Crippen LogP contribution in [0.1, 0.15) is 0 Å². The van der Waals surface area contributed by atoms with Crippen molar-refractivity contribution in [3.63, 3.8) is 0 Å². The van der Waals surface area contributed by atoms with Crippen LogP contribution in [0.15, 0.2) is 121 Å². The Morgan fingerprint density at radius 2 is 0.571 bits per heavy atom. The fourth-order valence-electron chi connectivity index (χ4n) is 2.87. The molecule has 0 radical (unpaired) electrons. The molecule has 28 heavy (non-hydrogen) atoms. The summed E-state index contributed by atoms with van der Waals surface area (Å²) >= 11 is 0. The zero-order valence-corrected chi connectivity index (χ0v) is 24.0. The third-order valence-electron chi connectivity index (χ3n) is 4.18. The summed E-state index contributed by atoms with van der Waals surface area (Å²) in [4.78, 5) is 5.49. The molecule has 0 N–H and O–H groups in total. The van der Waals surface area contributed by atoms with Crippen molar-refractivity contribution in [2.45, 2.75) is 0 Å². The van der Waals surface area contributed by atoms with Gasteiger partial charge in [0.1, 0.15) is 0 Å². The fourth-order valence-corrected chi connectivity index (χ4v) is 7.65. The minimum Gasteiger partial charge on any atom is -0.595 e. The molecule has 0 heterocycles. The van der Waals surface area contributed by atoms with Crippen molar-refractivity contribution in [3.05, 3.63) is 126 Å². The predicted molar refractivity (Wildman–Crippen MR) is 122 cm³/mol. The first-order valence-electron chi connectivity index (χ1n) is 8.94. The molecular weight excluding hydrogens is 497 g/mol. The molecule has 0 aromatic heterocycles. The number of nitrogens with zero attached hydrogens (tertiary/aromatic N) is 1. The van der Waals surface area contributed by atoms with E-state index in [-0.39, 0.29) is 68.9 Å². The Morgan fingerprint density at radius 3 is 0.786 bits per heavy atom. The summed E-state index contributed by atoms with van der Waals surface area (Å²) in [6.07, 6.45) is 0. The van der Waals surface area contributed by atoms with E-state index in [0.717, 1.165) is 0 Å². The second kappa shape index (κ2) is 11.8. The first kappa shape index (κ1) is 22.4. The standard InChI is InChI=1S/C24H20NP2.Cs/c1-5-13-21(14-6-1)26(22-15-7-2-8-16-22)25-27(23-17-9-3-10-18-23)24-19-11-4-12-20-24;/h1-20H;/q-1;+1. The molecule has 1 nitrogen and oxygen atoms in total. The monoisotopic (exact) mass is 517 g/mol. The van der Waals surface area contributed by atoms with Crippen molar-refractivity contribution in [3.8, 4) is 0 Å². The van der Waals surface area contributed by atoms with E-state index in [1.165, 1.54) is 21.2 Å². The van der Waals surface area contributed by atoms with Crippen LogP contribution < -0.4 is 90.1 Å². The summed E-state index contributed by atoms with van der Waals surface area (Å²) in [6, 6.07) is 42.7. The van der Waals surface area contributed by atoms with Crippen molar-refractivity contribution in [1.82, 2.24) is 0 Å². The second-order valence-corrected chi connectivity index (χ2v) is 10.1. The summed E-state index contributed by atoms with van der Waals surface area (Å²) in [5.74, 6) is 0. The molecule has 0 aliphatic rings. The maximum atomic E-state index is 5.49. The molecule has 0 atom stereocenters. The molecule has 4 heteroatoms. The van der Waals surface area contributed by atoms with Crippen LogP contribution in [0.2, 0.25) is 0 Å². The Labute approximate surface area is 229 Å². The molecule has 0 spiro atoms. The number of hydrogen-bond donors (Lipinski definition) is 0. The van der Waals surface area contributed by atoms with Crippen LogP contribution in [0.25, 0.3) is 4.86 Å². The van der Waals surface area contributed by atoms with E-state index in [2.05, 4.69) is 121 Å². The van der Waals surface area contributed by atoms with Gasteiger partial charge in [-0.3, -0.25) is 0 Å². The van der Waals surface area contributed by atoms with Gasteiger partial charge in [0.25, 0.3) is 0 Å². The van der Waals surface area contributed by atoms with Crippen LogP contribution in [0, 0.1) is 0 Å². The minimum absolute atomic E-state index is 0. The number of rotatable bonds is 6. The number of benzene rings is 4. The van der Waals surface area contributed by atoms with Gasteiger partial charge in [0.05, 0.1) is 0 Å². The Balaban J connectivity index is 0.00000225. The van der Waals surface area contributed by atoms with Gasteiger partial charge in [-0.25, -0.2) is 0 Å². The molecule has 0 fully saturated rings. The van der Waals surface area contributed by atoms with Crippen molar-refractivity contribution in [2.75, 3.05) is 0 Å². The molecule has 0 aliphatic carbocycles. The van der Waals surface area contributed by atoms with Gasteiger partial charge in [0.15, 0.2) is 0 Å². The van der Waals surface area contributed by atoms with Gasteiger partial charge in [-0.05, 0) is 21.2 Å². The summed E-state index contributed by atoms with van der Waals surface area (Å²) in [5, 5.41) is 5.16. The molecule has 0 saturated carbocycles. The summed E-state index contributed by atoms with van der Waals surface area (Å²) in [7, 11) is -1.57. The van der Waals surface area contributed by atoms with Crippen LogP contribution in [-0.4, -0.2) is 0 Å². The normalized spacial score (nSPS) is 10.6. The van der Waals surface area contributed by atoms with E-state index in [9.17, 15) is 0 Å². The molecule has 4 aromatic rings. The smallest absolute Gasteiger partial charge is 0.595 e. The fraction of sp³-hybridized carbons (Fsp3) is 0. The topological polar surface area (TPSA) is 14.1 Å². The van der Waals surface area contributed by atoms with Crippen molar-refractivity contribution in [2.24, 2.45) is 0 Å². The maximum absolute atomic E-state index is 5.49. The van der Waals surface area contributed by atoms with Gasteiger partial charge < -0.3 is 4.86 Å². The van der Waals surface area contributed by atoms with Crippen molar-refractivity contribution < 1.29 is 68.9 Å². The molecule has 0 saturated heterocycles. The molecule has 0 aliphatic heterocycles. The molecule has 4 aromatic carbocycles. The Kier molecular flexibility index (Phi) is 9.47. The molecule has 0 amide bonds. The molecule has 0 unspecified atom stereocenters. The largest absolute Gasteiger partial charge is 1.00 e. The SMILES string of the molecule is [Cs+].c1ccc(P([N-]P(c2ccccc2)c2ccccc2)c2ccccc2)cc1. The van der Waals surface area contributed by atoms with Crippen molar-refractivity contribution in [1.29, 1.82) is 0 Å². The maximum Gasteiger partial charge on any atom is 1.00 e. The predicted octanol–water partition coefficient (Wildman–Crippen LogP) is 2.46. The zero-order chi connectivity index (χ0) is 18.3. The van der Waals surface area contributed by atoms with Crippen molar-refractivity contribution >= 4 is 37.4 Å². The average Bonchev–Trinajstić information content (AvgIpc) is 2.77. The van der Waals surface area contributed by atoms with E-state index in [4.69, 9.17) is 4.86 Å². The summed E-state index contributed by atoms with van der Waals surface area (Å²) in [6.45, 7) is 0. The van der Waals surface area contributed by atoms with Crippen LogP contribution >= 0.6 is 16.1 Å². The first-order chi connectivity index (χ1) is 13.4. The molecule has 132 valence electrons. The quantitative estimate of drug-likeness (QED) is 0.349. The first-order valence-corrected chi connectivity index (χ1v) is 11.5. The number of hydrogen-bond acceptors (Lipinski definition) is 0. The van der Waals surface area contributed by atoms with Crippen LogP contribution in [0.3, 0.4) is 0 Å². The molecular formula is C24H20CsNP2. The van der Waals surface area contributed by atoms with Crippen LogP contribution in [0.5, 0.6) is 0 Å². The van der Waals surface area contributed by atoms with E-state index in [1.54, 1.807) is 0 Å². The Hall–Kier alpha value is -0.248. The zero-order valence-electron chi connectivity index (χ0n) is 15.9. The Morgan fingerprint density at radius 1 is 0.357 bits per heavy atom. The van der Waals surface area contributed by atoms with E-state index in [1.807, 2.05) is 0 Å². The van der Waals surface area contributed by atoms with Gasteiger partial charge in [-0.2, -0.15) is 16.1 Å². The van der Waals surface area contributed by atoms with Gasteiger partial charge in [0, 0.05) is 0 Å². The van der Waals surface area contributed by atoms with Gasteiger partial charge in [-0.15, -0.1) is 0 Å². The van der Waals surface area contributed by atoms with E-state index < -0.39 is 16.1 Å². The van der Waals surface area contributed by atoms with Gasteiger partial charge in [0.2, 0.25) is 0 Å². The third kappa shape index (κ3) is 5.89. The van der Waals surface area contributed by atoms with Crippen LogP contribution in [0.4, 0.5) is 0 Å². The van der Waals surface area contributed by atoms with Gasteiger partial charge in [-0.1, -0.05) is 121 Å². The Bertz CT molecular complexity index is 791. The summed E-state index contributed by atoms with van der Waals surface area (Å²) < 4.78 is 0. The third-order valence-corrected chi connectivity index (χ3v) is 8.76. The molecule has 4 rings (SSSR count). The average molecular weight is 517 g/mol. The van der Waals surface area contributed by atoms with E-state index in [0.29, 0.717) is 0 Å². The summed E-state index contributed by atoms with van der Waals surface area (Å²) in [5.41, 5.74) is 0. The van der Waals surface area contributed by atoms with Crippen LogP contribution in [-0.2, 0) is 0 Å². The molecule has 0 bridgehead atoms. The second-order valence-electron chi connectivity index (χ2n) is 6.06.